The van der Waals surface area contributed by atoms with E-state index in [1.807, 2.05) is 0 Å². The maximum absolute atomic E-state index is 12.6. The van der Waals surface area contributed by atoms with Crippen molar-refractivity contribution in [2.75, 3.05) is 26.1 Å². The Morgan fingerprint density at radius 1 is 1.30 bits per heavy atom. The van der Waals surface area contributed by atoms with Crippen LogP contribution in [0.15, 0.2) is 9.95 Å². The molecule has 10 heteroatoms. The molecule has 0 amide bonds. The van der Waals surface area contributed by atoms with Crippen LogP contribution in [-0.4, -0.2) is 57.6 Å². The van der Waals surface area contributed by atoms with E-state index in [-0.39, 0.29) is 23.8 Å². The van der Waals surface area contributed by atoms with Crippen molar-refractivity contribution in [1.29, 1.82) is 0 Å². The predicted molar refractivity (Wildman–Crippen MR) is 101 cm³/mol. The molecule has 2 aromatic heterocycles. The van der Waals surface area contributed by atoms with E-state index < -0.39 is 5.97 Å². The summed E-state index contributed by atoms with van der Waals surface area (Å²) in [6, 6.07) is 0. The molecule has 0 atom stereocenters. The molecule has 0 unspecified atom stereocenters. The number of nitrogens with one attached hydrogen (secondary N) is 2. The van der Waals surface area contributed by atoms with Gasteiger partial charge in [-0.05, 0) is 32.8 Å². The lowest BCUT2D eigenvalue weighted by molar-refractivity contribution is 0.0525. The number of carbonyl (C=O) groups is 2. The second kappa shape index (κ2) is 9.56. The molecule has 27 heavy (non-hydrogen) atoms. The maximum atomic E-state index is 12.6. The van der Waals surface area contributed by atoms with E-state index in [0.717, 1.165) is 0 Å². The summed E-state index contributed by atoms with van der Waals surface area (Å²) in [7, 11) is 1.59. The van der Waals surface area contributed by atoms with Crippen molar-refractivity contribution in [1.82, 2.24) is 19.7 Å². The van der Waals surface area contributed by atoms with Crippen LogP contribution in [0.1, 0.15) is 45.4 Å². The van der Waals surface area contributed by atoms with Gasteiger partial charge >= 0.3 is 11.7 Å². The number of ketones is 1. The molecule has 0 fully saturated rings. The number of esters is 1. The van der Waals surface area contributed by atoms with Crippen molar-refractivity contribution in [3.05, 3.63) is 33.0 Å². The number of aromatic amines is 2. The number of rotatable bonds is 10. The number of nitrogens with zero attached hydrogens (tertiary/aromatic N) is 2. The molecule has 0 aliphatic rings. The number of aromatic nitrogens is 4. The third-order valence-electron chi connectivity index (χ3n) is 3.98. The second-order valence-corrected chi connectivity index (χ2v) is 6.81. The molecule has 2 N–H and O–H groups in total. The summed E-state index contributed by atoms with van der Waals surface area (Å²) in [5, 5.41) is 6.81. The smallest absolute Gasteiger partial charge is 0.343 e. The number of carbonyl (C=O) groups excluding carboxylic acids is 2. The number of hydrogen-bond acceptors (Lipinski definition) is 7. The normalized spacial score (nSPS) is 11.0. The van der Waals surface area contributed by atoms with E-state index in [1.54, 1.807) is 27.9 Å². The van der Waals surface area contributed by atoms with Crippen LogP contribution in [0.2, 0.25) is 0 Å². The number of Topliss-reactive ketones (excluding diaryl/α,β-unsaturated/α-hetero) is 1. The first-order valence-corrected chi connectivity index (χ1v) is 9.55. The highest BCUT2D eigenvalue weighted by Crippen LogP contribution is 2.22. The van der Waals surface area contributed by atoms with Gasteiger partial charge in [0.25, 0.3) is 0 Å². The summed E-state index contributed by atoms with van der Waals surface area (Å²) in [5.41, 5.74) is 1.59. The highest BCUT2D eigenvalue weighted by atomic mass is 32.2. The van der Waals surface area contributed by atoms with Gasteiger partial charge in [0.2, 0.25) is 0 Å². The molecular formula is C17H24N4O5S. The minimum atomic E-state index is -0.449. The number of H-pyrrole nitrogens is 2. The van der Waals surface area contributed by atoms with Crippen molar-refractivity contribution in [3.8, 4) is 0 Å². The molecular weight excluding hydrogens is 372 g/mol. The van der Waals surface area contributed by atoms with Gasteiger partial charge in [-0.2, -0.15) is 0 Å². The Kier molecular flexibility index (Phi) is 7.43. The largest absolute Gasteiger partial charge is 0.462 e. The van der Waals surface area contributed by atoms with Crippen molar-refractivity contribution in [2.24, 2.45) is 0 Å². The summed E-state index contributed by atoms with van der Waals surface area (Å²) < 4.78 is 11.5. The fraction of sp³-hybridized carbons (Fsp3) is 0.529. The molecule has 9 nitrogen and oxygen atoms in total. The number of hydrogen-bond donors (Lipinski definition) is 2. The van der Waals surface area contributed by atoms with Gasteiger partial charge in [-0.15, -0.1) is 5.10 Å². The van der Waals surface area contributed by atoms with Crippen LogP contribution in [-0.2, 0) is 16.0 Å². The van der Waals surface area contributed by atoms with Crippen molar-refractivity contribution >= 4 is 23.5 Å². The highest BCUT2D eigenvalue weighted by Gasteiger charge is 2.23. The quantitative estimate of drug-likeness (QED) is 0.271. The Morgan fingerprint density at radius 2 is 2.04 bits per heavy atom. The molecule has 0 aromatic carbocycles. The Bertz CT molecular complexity index is 867. The molecule has 0 saturated heterocycles. The first kappa shape index (κ1) is 21.0. The van der Waals surface area contributed by atoms with Crippen LogP contribution in [0.25, 0.3) is 0 Å². The monoisotopic (exact) mass is 396 g/mol. The predicted octanol–water partition coefficient (Wildman–Crippen LogP) is 1.70. The molecule has 0 bridgehead atoms. The third kappa shape index (κ3) is 4.89. The zero-order valence-corrected chi connectivity index (χ0v) is 16.7. The Labute approximate surface area is 160 Å². The van der Waals surface area contributed by atoms with Gasteiger partial charge in [0.1, 0.15) is 0 Å². The molecule has 0 aliphatic carbocycles. The Morgan fingerprint density at radius 3 is 2.70 bits per heavy atom. The Hall–Kier alpha value is -2.33. The van der Waals surface area contributed by atoms with Crippen LogP contribution in [0.3, 0.4) is 0 Å². The second-order valence-electron chi connectivity index (χ2n) is 5.87. The van der Waals surface area contributed by atoms with Gasteiger partial charge in [-0.25, -0.2) is 14.7 Å². The van der Waals surface area contributed by atoms with Crippen LogP contribution in [0, 0.1) is 13.8 Å². The average Bonchev–Trinajstić information content (AvgIpc) is 3.13. The molecule has 2 rings (SSSR count). The topological polar surface area (TPSA) is 119 Å². The van der Waals surface area contributed by atoms with Crippen molar-refractivity contribution in [2.45, 2.75) is 38.9 Å². The highest BCUT2D eigenvalue weighted by molar-refractivity contribution is 7.99. The lowest BCUT2D eigenvalue weighted by Gasteiger charge is -2.05. The summed E-state index contributed by atoms with van der Waals surface area (Å²) in [5.74, 6) is -0.553. The lowest BCUT2D eigenvalue weighted by atomic mass is 10.1. The molecule has 2 aromatic rings. The SMILES string of the molecule is CCOC(=O)c1c(C)[nH]c(C(=O)CSc2n[nH]c(=O)n2CCCOC)c1C. The molecule has 0 spiro atoms. The summed E-state index contributed by atoms with van der Waals surface area (Å²) >= 11 is 1.17. The fourth-order valence-electron chi connectivity index (χ4n) is 2.72. The van der Waals surface area contributed by atoms with Crippen molar-refractivity contribution in [3.63, 3.8) is 0 Å². The van der Waals surface area contributed by atoms with E-state index in [0.29, 0.717) is 47.2 Å². The van der Waals surface area contributed by atoms with Gasteiger partial charge in [-0.1, -0.05) is 11.8 Å². The first-order chi connectivity index (χ1) is 12.9. The minimum absolute atomic E-state index is 0.0810. The van der Waals surface area contributed by atoms with E-state index in [9.17, 15) is 14.4 Å². The summed E-state index contributed by atoms with van der Waals surface area (Å²) in [6.07, 6.45) is 0.662. The minimum Gasteiger partial charge on any atom is -0.462 e. The van der Waals surface area contributed by atoms with Gasteiger partial charge in [0.05, 0.1) is 23.6 Å². The number of aryl methyl sites for hydroxylation is 1. The standard InChI is InChI=1S/C17H24N4O5S/c1-5-26-15(23)13-10(2)14(18-11(13)3)12(22)9-27-17-20-19-16(24)21(17)7-6-8-25-4/h18H,5-9H2,1-4H3,(H,19,24). The van der Waals surface area contributed by atoms with Crippen LogP contribution in [0.5, 0.6) is 0 Å². The van der Waals surface area contributed by atoms with Gasteiger partial charge < -0.3 is 14.5 Å². The molecule has 0 aliphatic heterocycles. The first-order valence-electron chi connectivity index (χ1n) is 8.57. The zero-order chi connectivity index (χ0) is 20.0. The summed E-state index contributed by atoms with van der Waals surface area (Å²) in [4.78, 5) is 39.5. The molecule has 0 radical (unpaired) electrons. The van der Waals surface area contributed by atoms with Gasteiger partial charge in [0, 0.05) is 26.0 Å². The summed E-state index contributed by atoms with van der Waals surface area (Å²) in [6.45, 7) is 6.41. The maximum Gasteiger partial charge on any atom is 0.343 e. The molecule has 2 heterocycles. The van der Waals surface area contributed by atoms with E-state index >= 15 is 0 Å². The third-order valence-corrected chi connectivity index (χ3v) is 4.96. The van der Waals surface area contributed by atoms with Crippen LogP contribution in [0.4, 0.5) is 0 Å². The molecule has 148 valence electrons. The lowest BCUT2D eigenvalue weighted by Crippen LogP contribution is -2.19. The van der Waals surface area contributed by atoms with Crippen LogP contribution >= 0.6 is 11.8 Å². The average molecular weight is 396 g/mol. The number of ether oxygens (including phenoxy) is 2. The zero-order valence-electron chi connectivity index (χ0n) is 15.9. The number of methoxy groups -OCH3 is 1. The molecule has 0 saturated carbocycles. The number of thioether (sulfide) groups is 1. The van der Waals surface area contributed by atoms with Gasteiger partial charge in [0.15, 0.2) is 10.9 Å². The van der Waals surface area contributed by atoms with E-state index in [2.05, 4.69) is 15.2 Å². The van der Waals surface area contributed by atoms with Crippen LogP contribution < -0.4 is 5.69 Å². The fourth-order valence-corrected chi connectivity index (χ4v) is 3.56. The van der Waals surface area contributed by atoms with E-state index in [1.165, 1.54) is 16.3 Å². The van der Waals surface area contributed by atoms with E-state index in [4.69, 9.17) is 9.47 Å². The van der Waals surface area contributed by atoms with Crippen molar-refractivity contribution < 1.29 is 19.1 Å². The Balaban J connectivity index is 2.10. The van der Waals surface area contributed by atoms with Gasteiger partial charge in [-0.3, -0.25) is 9.36 Å².